The van der Waals surface area contributed by atoms with Gasteiger partial charge in [0.2, 0.25) is 0 Å². The minimum atomic E-state index is -0.178. The molecular formula is C21H26O3. The van der Waals surface area contributed by atoms with Gasteiger partial charge in [-0.05, 0) is 56.7 Å². The number of hydrogen-bond donors (Lipinski definition) is 0. The van der Waals surface area contributed by atoms with E-state index in [0.29, 0.717) is 24.9 Å². The Balaban J connectivity index is 1.68. The van der Waals surface area contributed by atoms with E-state index < -0.39 is 0 Å². The number of carbonyl (C=O) groups excluding carboxylic acids is 1. The van der Waals surface area contributed by atoms with E-state index in [1.807, 2.05) is 19.1 Å². The molecule has 1 aromatic carbocycles. The number of benzene rings is 1. The topological polar surface area (TPSA) is 35.5 Å². The molecule has 0 amide bonds. The van der Waals surface area contributed by atoms with Crippen molar-refractivity contribution in [1.29, 1.82) is 0 Å². The van der Waals surface area contributed by atoms with Crippen LogP contribution in [0.15, 0.2) is 18.2 Å². The number of ether oxygens (including phenoxy) is 2. The first-order chi connectivity index (χ1) is 11.7. The molecule has 128 valence electrons. The molecule has 0 unspecified atom stereocenters. The molecule has 3 nitrogen and oxygen atoms in total. The molecule has 3 heteroatoms. The van der Waals surface area contributed by atoms with Crippen LogP contribution in [0.5, 0.6) is 5.75 Å². The minimum Gasteiger partial charge on any atom is -0.493 e. The maximum atomic E-state index is 13.1. The largest absolute Gasteiger partial charge is 0.493 e. The van der Waals surface area contributed by atoms with Crippen LogP contribution in [-0.4, -0.2) is 26.1 Å². The van der Waals surface area contributed by atoms with Crippen LogP contribution >= 0.6 is 0 Å². The molecule has 2 aliphatic carbocycles. The zero-order valence-corrected chi connectivity index (χ0v) is 14.7. The summed E-state index contributed by atoms with van der Waals surface area (Å²) in [4.78, 5) is 13.1. The molecular weight excluding hydrogens is 300 g/mol. The SMILES string of the molecule is CC#CC1CCC2(CC1)Cc1ccc(OCCCOC)cc1C2=O. The Morgan fingerprint density at radius 1 is 1.25 bits per heavy atom. The molecule has 0 heterocycles. The van der Waals surface area contributed by atoms with Gasteiger partial charge in [0, 0.05) is 37.0 Å². The summed E-state index contributed by atoms with van der Waals surface area (Å²) in [7, 11) is 1.69. The van der Waals surface area contributed by atoms with Crippen molar-refractivity contribution in [2.45, 2.75) is 45.4 Å². The van der Waals surface area contributed by atoms with E-state index >= 15 is 0 Å². The second-order valence-corrected chi connectivity index (χ2v) is 6.97. The van der Waals surface area contributed by atoms with Crippen LogP contribution < -0.4 is 4.74 Å². The molecule has 2 aliphatic rings. The van der Waals surface area contributed by atoms with E-state index in [4.69, 9.17) is 9.47 Å². The lowest BCUT2D eigenvalue weighted by Gasteiger charge is -2.34. The molecule has 0 aromatic heterocycles. The second kappa shape index (κ2) is 7.40. The van der Waals surface area contributed by atoms with Crippen LogP contribution in [0.1, 0.15) is 54.9 Å². The average Bonchev–Trinajstić information content (AvgIpc) is 2.86. The third-order valence-electron chi connectivity index (χ3n) is 5.39. The summed E-state index contributed by atoms with van der Waals surface area (Å²) in [5.41, 5.74) is 1.88. The maximum Gasteiger partial charge on any atom is 0.169 e. The van der Waals surface area contributed by atoms with Crippen molar-refractivity contribution in [2.24, 2.45) is 11.3 Å². The van der Waals surface area contributed by atoms with Crippen molar-refractivity contribution >= 4 is 5.78 Å². The van der Waals surface area contributed by atoms with E-state index in [0.717, 1.165) is 49.8 Å². The molecule has 1 aromatic rings. The van der Waals surface area contributed by atoms with E-state index in [9.17, 15) is 4.79 Å². The Hall–Kier alpha value is -1.79. The van der Waals surface area contributed by atoms with Gasteiger partial charge in [0.25, 0.3) is 0 Å². The van der Waals surface area contributed by atoms with Gasteiger partial charge in [0.15, 0.2) is 5.78 Å². The fourth-order valence-electron chi connectivity index (χ4n) is 4.06. The number of Topliss-reactive ketones (excluding diaryl/α,β-unsaturated/α-hetero) is 1. The fraction of sp³-hybridized carbons (Fsp3) is 0.571. The number of carbonyl (C=O) groups is 1. The lowest BCUT2D eigenvalue weighted by atomic mass is 9.68. The average molecular weight is 326 g/mol. The summed E-state index contributed by atoms with van der Waals surface area (Å²) in [6.07, 6.45) is 5.75. The molecule has 0 N–H and O–H groups in total. The van der Waals surface area contributed by atoms with E-state index in [2.05, 4.69) is 17.9 Å². The van der Waals surface area contributed by atoms with Crippen LogP contribution in [0.4, 0.5) is 0 Å². The van der Waals surface area contributed by atoms with Crippen molar-refractivity contribution in [3.05, 3.63) is 29.3 Å². The predicted octanol–water partition coefficient (Wildman–Crippen LogP) is 4.04. The van der Waals surface area contributed by atoms with Gasteiger partial charge in [-0.15, -0.1) is 11.8 Å². The summed E-state index contributed by atoms with van der Waals surface area (Å²) in [6.45, 7) is 3.20. The van der Waals surface area contributed by atoms with Crippen LogP contribution in [0.2, 0.25) is 0 Å². The number of methoxy groups -OCH3 is 1. The molecule has 0 saturated heterocycles. The first kappa shape index (κ1) is 17.0. The summed E-state index contributed by atoms with van der Waals surface area (Å²) in [5, 5.41) is 0. The van der Waals surface area contributed by atoms with Gasteiger partial charge in [-0.2, -0.15) is 0 Å². The number of hydrogen-bond acceptors (Lipinski definition) is 3. The van der Waals surface area contributed by atoms with Gasteiger partial charge < -0.3 is 9.47 Å². The maximum absolute atomic E-state index is 13.1. The minimum absolute atomic E-state index is 0.178. The zero-order chi connectivity index (χ0) is 17.0. The molecule has 3 rings (SSSR count). The van der Waals surface area contributed by atoms with Crippen molar-refractivity contribution in [3.63, 3.8) is 0 Å². The van der Waals surface area contributed by atoms with Crippen molar-refractivity contribution in [3.8, 4) is 17.6 Å². The van der Waals surface area contributed by atoms with Crippen molar-refractivity contribution < 1.29 is 14.3 Å². The zero-order valence-electron chi connectivity index (χ0n) is 14.7. The summed E-state index contributed by atoms with van der Waals surface area (Å²) in [6, 6.07) is 6.01. The molecule has 1 saturated carbocycles. The van der Waals surface area contributed by atoms with E-state index in [1.54, 1.807) is 7.11 Å². The highest BCUT2D eigenvalue weighted by molar-refractivity contribution is 6.05. The Bertz CT molecular complexity index is 657. The Labute approximate surface area is 144 Å². The van der Waals surface area contributed by atoms with Crippen LogP contribution in [-0.2, 0) is 11.2 Å². The second-order valence-electron chi connectivity index (χ2n) is 6.97. The van der Waals surface area contributed by atoms with Gasteiger partial charge >= 0.3 is 0 Å². The highest BCUT2D eigenvalue weighted by Crippen LogP contribution is 2.49. The van der Waals surface area contributed by atoms with Crippen molar-refractivity contribution in [2.75, 3.05) is 20.3 Å². The Kier molecular flexibility index (Phi) is 5.26. The highest BCUT2D eigenvalue weighted by atomic mass is 16.5. The fourth-order valence-corrected chi connectivity index (χ4v) is 4.06. The number of ketones is 1. The Morgan fingerprint density at radius 3 is 2.75 bits per heavy atom. The Morgan fingerprint density at radius 2 is 2.04 bits per heavy atom. The van der Waals surface area contributed by atoms with E-state index in [-0.39, 0.29) is 5.41 Å². The molecule has 1 fully saturated rings. The van der Waals surface area contributed by atoms with E-state index in [1.165, 1.54) is 5.56 Å². The van der Waals surface area contributed by atoms with Crippen LogP contribution in [0.25, 0.3) is 0 Å². The lowest BCUT2D eigenvalue weighted by Crippen LogP contribution is -2.32. The quantitative estimate of drug-likeness (QED) is 0.605. The summed E-state index contributed by atoms with van der Waals surface area (Å²) < 4.78 is 10.8. The van der Waals surface area contributed by atoms with Gasteiger partial charge in [-0.25, -0.2) is 0 Å². The first-order valence-electron chi connectivity index (χ1n) is 8.90. The summed E-state index contributed by atoms with van der Waals surface area (Å²) >= 11 is 0. The highest BCUT2D eigenvalue weighted by Gasteiger charge is 2.47. The molecule has 0 aliphatic heterocycles. The molecule has 1 spiro atoms. The number of rotatable bonds is 5. The molecule has 24 heavy (non-hydrogen) atoms. The van der Waals surface area contributed by atoms with Crippen LogP contribution in [0, 0.1) is 23.2 Å². The third-order valence-corrected chi connectivity index (χ3v) is 5.39. The van der Waals surface area contributed by atoms with Gasteiger partial charge in [0.1, 0.15) is 5.75 Å². The number of fused-ring (bicyclic) bond motifs is 1. The normalized spacial score (nSPS) is 25.2. The monoisotopic (exact) mass is 326 g/mol. The molecule has 0 bridgehead atoms. The van der Waals surface area contributed by atoms with Crippen LogP contribution in [0.3, 0.4) is 0 Å². The standard InChI is InChI=1S/C21H26O3/c1-3-5-16-8-10-21(11-9-16)15-17-6-7-18(14-19(17)20(21)22)24-13-4-12-23-2/h6-7,14,16H,4,8-13,15H2,1-2H3. The molecule has 0 atom stereocenters. The predicted molar refractivity (Wildman–Crippen MR) is 94.3 cm³/mol. The first-order valence-corrected chi connectivity index (χ1v) is 8.90. The van der Waals surface area contributed by atoms with Crippen molar-refractivity contribution in [1.82, 2.24) is 0 Å². The lowest BCUT2D eigenvalue weighted by molar-refractivity contribution is 0.0727. The smallest absolute Gasteiger partial charge is 0.169 e. The third kappa shape index (κ3) is 3.35. The van der Waals surface area contributed by atoms with Gasteiger partial charge in [0.05, 0.1) is 6.61 Å². The summed E-state index contributed by atoms with van der Waals surface area (Å²) in [5.74, 6) is 7.88. The van der Waals surface area contributed by atoms with Gasteiger partial charge in [-0.1, -0.05) is 6.07 Å². The van der Waals surface area contributed by atoms with Gasteiger partial charge in [-0.3, -0.25) is 4.79 Å². The molecule has 0 radical (unpaired) electrons.